The lowest BCUT2D eigenvalue weighted by molar-refractivity contribution is 0.0828. The standard InChI is InChI=1S/C26H36N6O2/c1-3-8-23(25-28-29-30-32(25)17-22-13-7-14-34-22)31(21-11-4-5-12-21)16-20-15-19-10-6-9-18(2)24(19)27-26(20)33/h6,9-10,15,21-23H,3-5,7-8,11-14,16-17H2,1-2H3,(H,27,33). The highest BCUT2D eigenvalue weighted by Crippen LogP contribution is 2.34. The molecule has 34 heavy (non-hydrogen) atoms. The normalized spacial score (nSPS) is 20.0. The molecule has 1 saturated heterocycles. The van der Waals surface area contributed by atoms with Crippen LogP contribution in [-0.4, -0.2) is 48.8 Å². The minimum absolute atomic E-state index is 0.000933. The molecular weight excluding hydrogens is 428 g/mol. The Labute approximate surface area is 200 Å². The first-order valence-electron chi connectivity index (χ1n) is 12.9. The van der Waals surface area contributed by atoms with Gasteiger partial charge in [0.25, 0.3) is 5.56 Å². The summed E-state index contributed by atoms with van der Waals surface area (Å²) in [7, 11) is 0. The highest BCUT2D eigenvalue weighted by atomic mass is 16.5. The molecule has 1 N–H and O–H groups in total. The summed E-state index contributed by atoms with van der Waals surface area (Å²) < 4.78 is 7.82. The van der Waals surface area contributed by atoms with Crippen LogP contribution in [0.4, 0.5) is 0 Å². The van der Waals surface area contributed by atoms with Crippen molar-refractivity contribution in [3.05, 3.63) is 51.6 Å². The van der Waals surface area contributed by atoms with E-state index < -0.39 is 0 Å². The number of rotatable bonds is 9. The number of benzene rings is 1. The van der Waals surface area contributed by atoms with Gasteiger partial charge in [0, 0.05) is 24.8 Å². The van der Waals surface area contributed by atoms with Gasteiger partial charge in [-0.15, -0.1) is 5.10 Å². The lowest BCUT2D eigenvalue weighted by Gasteiger charge is -2.36. The number of aromatic nitrogens is 5. The molecule has 1 aliphatic heterocycles. The summed E-state index contributed by atoms with van der Waals surface area (Å²) in [5.74, 6) is 0.900. The Balaban J connectivity index is 1.50. The molecule has 2 unspecified atom stereocenters. The summed E-state index contributed by atoms with van der Waals surface area (Å²) >= 11 is 0. The summed E-state index contributed by atoms with van der Waals surface area (Å²) in [6, 6.07) is 8.73. The number of tetrazole rings is 1. The van der Waals surface area contributed by atoms with Gasteiger partial charge in [-0.3, -0.25) is 9.69 Å². The highest BCUT2D eigenvalue weighted by Gasteiger charge is 2.33. The van der Waals surface area contributed by atoms with Crippen molar-refractivity contribution in [2.45, 2.75) is 96.5 Å². The molecule has 2 fully saturated rings. The second-order valence-electron chi connectivity index (χ2n) is 9.93. The molecule has 0 radical (unpaired) electrons. The third-order valence-corrected chi connectivity index (χ3v) is 7.53. The summed E-state index contributed by atoms with van der Waals surface area (Å²) in [6.45, 7) is 6.35. The van der Waals surface area contributed by atoms with Crippen LogP contribution in [0.3, 0.4) is 0 Å². The van der Waals surface area contributed by atoms with Gasteiger partial charge in [-0.2, -0.15) is 0 Å². The first-order chi connectivity index (χ1) is 16.6. The van der Waals surface area contributed by atoms with Crippen molar-refractivity contribution in [2.75, 3.05) is 6.61 Å². The van der Waals surface area contributed by atoms with E-state index in [4.69, 9.17) is 4.74 Å². The van der Waals surface area contributed by atoms with Gasteiger partial charge in [0.1, 0.15) is 0 Å². The van der Waals surface area contributed by atoms with Crippen molar-refractivity contribution in [1.29, 1.82) is 0 Å². The average Bonchev–Trinajstić information content (AvgIpc) is 3.61. The number of pyridine rings is 1. The molecule has 0 amide bonds. The molecule has 2 aliphatic rings. The van der Waals surface area contributed by atoms with Crippen LogP contribution in [0.1, 0.15) is 81.3 Å². The number of nitrogens with one attached hydrogen (secondary N) is 1. The van der Waals surface area contributed by atoms with Crippen molar-refractivity contribution in [3.63, 3.8) is 0 Å². The van der Waals surface area contributed by atoms with Gasteiger partial charge in [-0.05, 0) is 66.5 Å². The maximum atomic E-state index is 13.2. The smallest absolute Gasteiger partial charge is 0.252 e. The van der Waals surface area contributed by atoms with Gasteiger partial charge in [0.15, 0.2) is 5.82 Å². The second kappa shape index (κ2) is 10.4. The number of aryl methyl sites for hydroxylation is 1. The summed E-state index contributed by atoms with van der Waals surface area (Å²) in [4.78, 5) is 18.8. The quantitative estimate of drug-likeness (QED) is 0.508. The molecule has 3 heterocycles. The minimum atomic E-state index is -0.000933. The van der Waals surface area contributed by atoms with Gasteiger partial charge in [0.05, 0.1) is 24.2 Å². The van der Waals surface area contributed by atoms with Gasteiger partial charge < -0.3 is 9.72 Å². The number of H-pyrrole nitrogens is 1. The zero-order chi connectivity index (χ0) is 23.5. The Hall–Kier alpha value is -2.58. The lowest BCUT2D eigenvalue weighted by Crippen LogP contribution is -2.39. The number of ether oxygens (including phenoxy) is 1. The van der Waals surface area contributed by atoms with Gasteiger partial charge in [-0.1, -0.05) is 44.4 Å². The summed E-state index contributed by atoms with van der Waals surface area (Å²) in [5, 5.41) is 14.0. The fourth-order valence-corrected chi connectivity index (χ4v) is 5.75. The summed E-state index contributed by atoms with van der Waals surface area (Å²) in [6.07, 6.45) is 9.06. The van der Waals surface area contributed by atoms with Crippen LogP contribution in [-0.2, 0) is 17.8 Å². The molecule has 1 aromatic carbocycles. The molecule has 8 nitrogen and oxygen atoms in total. The maximum absolute atomic E-state index is 13.2. The highest BCUT2D eigenvalue weighted by molar-refractivity contribution is 5.81. The maximum Gasteiger partial charge on any atom is 0.252 e. The van der Waals surface area contributed by atoms with E-state index in [1.807, 2.05) is 23.7 Å². The Morgan fingerprint density at radius 3 is 2.85 bits per heavy atom. The third-order valence-electron chi connectivity index (χ3n) is 7.53. The Kier molecular flexibility index (Phi) is 7.06. The predicted octanol–water partition coefficient (Wildman–Crippen LogP) is 4.29. The first kappa shape index (κ1) is 23.2. The van der Waals surface area contributed by atoms with Crippen LogP contribution in [0.15, 0.2) is 29.1 Å². The van der Waals surface area contributed by atoms with E-state index in [0.29, 0.717) is 19.1 Å². The van der Waals surface area contributed by atoms with Crippen molar-refractivity contribution in [2.24, 2.45) is 0 Å². The number of hydrogen-bond acceptors (Lipinski definition) is 6. The van der Waals surface area contributed by atoms with Crippen LogP contribution in [0.2, 0.25) is 0 Å². The minimum Gasteiger partial charge on any atom is -0.376 e. The van der Waals surface area contributed by atoms with E-state index in [2.05, 4.69) is 44.5 Å². The molecule has 1 aliphatic carbocycles. The largest absolute Gasteiger partial charge is 0.376 e. The van der Waals surface area contributed by atoms with Gasteiger partial charge in [0.2, 0.25) is 0 Å². The molecule has 0 bridgehead atoms. The molecule has 2 atom stereocenters. The number of fused-ring (bicyclic) bond motifs is 1. The van der Waals surface area contributed by atoms with E-state index in [1.165, 1.54) is 12.8 Å². The van der Waals surface area contributed by atoms with E-state index in [1.54, 1.807) is 0 Å². The number of para-hydroxylation sites is 1. The van der Waals surface area contributed by atoms with Crippen molar-refractivity contribution >= 4 is 10.9 Å². The Bertz CT molecular complexity index is 1160. The molecule has 0 spiro atoms. The zero-order valence-corrected chi connectivity index (χ0v) is 20.4. The monoisotopic (exact) mass is 464 g/mol. The van der Waals surface area contributed by atoms with E-state index in [0.717, 1.165) is 73.0 Å². The topological polar surface area (TPSA) is 88.9 Å². The number of hydrogen-bond donors (Lipinski definition) is 1. The van der Waals surface area contributed by atoms with Crippen LogP contribution < -0.4 is 5.56 Å². The summed E-state index contributed by atoms with van der Waals surface area (Å²) in [5.41, 5.74) is 2.82. The predicted molar refractivity (Wildman–Crippen MR) is 132 cm³/mol. The van der Waals surface area contributed by atoms with E-state index in [-0.39, 0.29) is 17.7 Å². The zero-order valence-electron chi connectivity index (χ0n) is 20.4. The fourth-order valence-electron chi connectivity index (χ4n) is 5.75. The SMILES string of the molecule is CCCC(c1nnnn1CC1CCCO1)N(Cc1cc2cccc(C)c2[nH]c1=O)C1CCCC1. The molecule has 8 heteroatoms. The van der Waals surface area contributed by atoms with Crippen LogP contribution in [0, 0.1) is 6.92 Å². The molecule has 2 aromatic heterocycles. The first-order valence-corrected chi connectivity index (χ1v) is 12.9. The van der Waals surface area contributed by atoms with Crippen LogP contribution in [0.5, 0.6) is 0 Å². The van der Waals surface area contributed by atoms with Crippen molar-refractivity contribution < 1.29 is 4.74 Å². The molecular formula is C26H36N6O2. The van der Waals surface area contributed by atoms with Crippen LogP contribution in [0.25, 0.3) is 10.9 Å². The molecule has 3 aromatic rings. The Morgan fingerprint density at radius 2 is 2.09 bits per heavy atom. The third kappa shape index (κ3) is 4.79. The van der Waals surface area contributed by atoms with Crippen molar-refractivity contribution in [1.82, 2.24) is 30.1 Å². The van der Waals surface area contributed by atoms with Crippen LogP contribution >= 0.6 is 0 Å². The molecule has 5 rings (SSSR count). The number of aromatic amines is 1. The number of nitrogens with zero attached hydrogens (tertiary/aromatic N) is 5. The molecule has 182 valence electrons. The Morgan fingerprint density at radius 1 is 1.24 bits per heavy atom. The fraction of sp³-hybridized carbons (Fsp3) is 0.615. The van der Waals surface area contributed by atoms with E-state index in [9.17, 15) is 4.79 Å². The van der Waals surface area contributed by atoms with Gasteiger partial charge in [-0.25, -0.2) is 4.68 Å². The molecule has 1 saturated carbocycles. The van der Waals surface area contributed by atoms with E-state index >= 15 is 0 Å². The van der Waals surface area contributed by atoms with Crippen molar-refractivity contribution in [3.8, 4) is 0 Å². The second-order valence-corrected chi connectivity index (χ2v) is 9.93. The van der Waals surface area contributed by atoms with Gasteiger partial charge >= 0.3 is 0 Å². The lowest BCUT2D eigenvalue weighted by atomic mass is 10.0. The average molecular weight is 465 g/mol.